The van der Waals surface area contributed by atoms with E-state index in [4.69, 9.17) is 4.42 Å². The lowest BCUT2D eigenvalue weighted by Gasteiger charge is -1.94. The summed E-state index contributed by atoms with van der Waals surface area (Å²) in [4.78, 5) is 4.29. The number of aromatic nitrogens is 1. The maximum absolute atomic E-state index is 5.43. The Morgan fingerprint density at radius 1 is 1.38 bits per heavy atom. The molecule has 2 nitrogen and oxygen atoms in total. The molecule has 0 aliphatic carbocycles. The molecular formula is C9H15NOS2. The van der Waals surface area contributed by atoms with Gasteiger partial charge in [-0.1, -0.05) is 11.8 Å². The molecule has 0 saturated heterocycles. The van der Waals surface area contributed by atoms with Crippen molar-refractivity contribution in [3.63, 3.8) is 0 Å². The Kier molecular flexibility index (Phi) is 4.73. The van der Waals surface area contributed by atoms with Crippen molar-refractivity contribution < 1.29 is 4.42 Å². The third-order valence-corrected chi connectivity index (χ3v) is 3.02. The first-order chi connectivity index (χ1) is 6.24. The van der Waals surface area contributed by atoms with Gasteiger partial charge in [-0.05, 0) is 32.4 Å². The van der Waals surface area contributed by atoms with Gasteiger partial charge in [0.25, 0.3) is 5.22 Å². The first kappa shape index (κ1) is 11.0. The van der Waals surface area contributed by atoms with Gasteiger partial charge in [-0.2, -0.15) is 12.6 Å². The van der Waals surface area contributed by atoms with Crippen molar-refractivity contribution in [3.05, 3.63) is 11.5 Å². The van der Waals surface area contributed by atoms with Crippen molar-refractivity contribution in [1.29, 1.82) is 0 Å². The number of aryl methyl sites for hydroxylation is 2. The van der Waals surface area contributed by atoms with Crippen LogP contribution < -0.4 is 0 Å². The lowest BCUT2D eigenvalue weighted by molar-refractivity contribution is 0.431. The van der Waals surface area contributed by atoms with Crippen molar-refractivity contribution in [1.82, 2.24) is 4.98 Å². The Morgan fingerprint density at radius 3 is 2.69 bits per heavy atom. The topological polar surface area (TPSA) is 26.0 Å². The van der Waals surface area contributed by atoms with Crippen LogP contribution in [-0.2, 0) is 0 Å². The Balaban J connectivity index is 2.29. The quantitative estimate of drug-likeness (QED) is 0.466. The van der Waals surface area contributed by atoms with Crippen LogP contribution in [0.3, 0.4) is 0 Å². The zero-order valence-electron chi connectivity index (χ0n) is 8.04. The molecule has 1 aromatic heterocycles. The molecule has 0 N–H and O–H groups in total. The Hall–Kier alpha value is -0.0900. The molecule has 0 atom stereocenters. The van der Waals surface area contributed by atoms with Crippen LogP contribution in [0.4, 0.5) is 0 Å². The number of thioether (sulfide) groups is 1. The first-order valence-corrected chi connectivity index (χ1v) is 6.03. The zero-order chi connectivity index (χ0) is 9.68. The van der Waals surface area contributed by atoms with E-state index in [1.807, 2.05) is 13.8 Å². The summed E-state index contributed by atoms with van der Waals surface area (Å²) in [6, 6.07) is 0. The van der Waals surface area contributed by atoms with E-state index in [2.05, 4.69) is 17.6 Å². The molecule has 0 saturated carbocycles. The summed E-state index contributed by atoms with van der Waals surface area (Å²) in [6.07, 6.45) is 2.34. The third kappa shape index (κ3) is 3.65. The standard InChI is InChI=1S/C9H15NOS2/c1-7-8(2)11-9(10-7)13-6-4-3-5-12/h12H,3-6H2,1-2H3. The van der Waals surface area contributed by atoms with Crippen molar-refractivity contribution in [2.75, 3.05) is 11.5 Å². The maximum atomic E-state index is 5.43. The minimum absolute atomic E-state index is 0.800. The molecule has 0 amide bonds. The predicted octanol–water partition coefficient (Wildman–Crippen LogP) is 3.09. The van der Waals surface area contributed by atoms with Crippen molar-refractivity contribution in [3.8, 4) is 0 Å². The average Bonchev–Trinajstić information content (AvgIpc) is 2.41. The van der Waals surface area contributed by atoms with Gasteiger partial charge in [0.1, 0.15) is 5.76 Å². The summed E-state index contributed by atoms with van der Waals surface area (Å²) in [5.74, 6) is 2.96. The smallest absolute Gasteiger partial charge is 0.256 e. The maximum Gasteiger partial charge on any atom is 0.256 e. The van der Waals surface area contributed by atoms with E-state index < -0.39 is 0 Å². The Morgan fingerprint density at radius 2 is 2.15 bits per heavy atom. The van der Waals surface area contributed by atoms with Gasteiger partial charge in [0.2, 0.25) is 0 Å². The van der Waals surface area contributed by atoms with Gasteiger partial charge in [0.15, 0.2) is 0 Å². The van der Waals surface area contributed by atoms with E-state index >= 15 is 0 Å². The highest BCUT2D eigenvalue weighted by atomic mass is 32.2. The third-order valence-electron chi connectivity index (χ3n) is 1.79. The van der Waals surface area contributed by atoms with Crippen LogP contribution in [0.5, 0.6) is 0 Å². The van der Waals surface area contributed by atoms with E-state index in [0.717, 1.165) is 34.6 Å². The minimum Gasteiger partial charge on any atom is -0.437 e. The summed E-state index contributed by atoms with van der Waals surface area (Å²) in [5.41, 5.74) is 0.997. The fourth-order valence-corrected chi connectivity index (χ4v) is 2.01. The molecule has 0 fully saturated rings. The summed E-state index contributed by atoms with van der Waals surface area (Å²) < 4.78 is 5.43. The second-order valence-corrected chi connectivity index (χ2v) is 4.39. The molecule has 13 heavy (non-hydrogen) atoms. The van der Waals surface area contributed by atoms with Crippen molar-refractivity contribution in [2.45, 2.75) is 31.9 Å². The van der Waals surface area contributed by atoms with Crippen LogP contribution in [0.25, 0.3) is 0 Å². The lowest BCUT2D eigenvalue weighted by atomic mass is 10.4. The first-order valence-electron chi connectivity index (χ1n) is 4.41. The second kappa shape index (κ2) is 5.60. The predicted molar refractivity (Wildman–Crippen MR) is 59.8 cm³/mol. The van der Waals surface area contributed by atoms with E-state index in [0.29, 0.717) is 0 Å². The summed E-state index contributed by atoms with van der Waals surface area (Å²) in [7, 11) is 0. The average molecular weight is 217 g/mol. The number of oxazole rings is 1. The molecule has 0 unspecified atom stereocenters. The van der Waals surface area contributed by atoms with Crippen molar-refractivity contribution in [2.24, 2.45) is 0 Å². The number of hydrogen-bond acceptors (Lipinski definition) is 4. The highest BCUT2D eigenvalue weighted by Crippen LogP contribution is 2.20. The minimum atomic E-state index is 0.800. The van der Waals surface area contributed by atoms with Crippen molar-refractivity contribution >= 4 is 24.4 Å². The number of hydrogen-bond donors (Lipinski definition) is 1. The highest BCUT2D eigenvalue weighted by molar-refractivity contribution is 7.99. The normalized spacial score (nSPS) is 10.7. The SMILES string of the molecule is Cc1nc(SCCCCS)oc1C. The molecule has 1 rings (SSSR count). The molecule has 4 heteroatoms. The summed E-state index contributed by atoms with van der Waals surface area (Å²) in [6.45, 7) is 3.91. The van der Waals surface area contributed by atoms with Gasteiger partial charge in [-0.3, -0.25) is 0 Å². The lowest BCUT2D eigenvalue weighted by Crippen LogP contribution is -1.81. The van der Waals surface area contributed by atoms with Gasteiger partial charge in [-0.15, -0.1) is 0 Å². The molecule has 1 heterocycles. The number of nitrogens with zero attached hydrogens (tertiary/aromatic N) is 1. The molecule has 0 aromatic carbocycles. The fourth-order valence-electron chi connectivity index (χ4n) is 0.878. The largest absolute Gasteiger partial charge is 0.437 e. The van der Waals surface area contributed by atoms with Crippen LogP contribution in [0, 0.1) is 13.8 Å². The molecular weight excluding hydrogens is 202 g/mol. The van der Waals surface area contributed by atoms with Crippen LogP contribution in [0.1, 0.15) is 24.3 Å². The van der Waals surface area contributed by atoms with Crippen LogP contribution in [-0.4, -0.2) is 16.5 Å². The van der Waals surface area contributed by atoms with Crippen LogP contribution in [0.2, 0.25) is 0 Å². The second-order valence-electron chi connectivity index (χ2n) is 2.90. The molecule has 0 bridgehead atoms. The monoisotopic (exact) mass is 217 g/mol. The van der Waals surface area contributed by atoms with Gasteiger partial charge in [0, 0.05) is 5.75 Å². The van der Waals surface area contributed by atoms with Gasteiger partial charge in [0.05, 0.1) is 5.69 Å². The molecule has 1 aromatic rings. The van der Waals surface area contributed by atoms with Crippen LogP contribution >= 0.6 is 24.4 Å². The number of thiol groups is 1. The molecule has 0 aliphatic heterocycles. The fraction of sp³-hybridized carbons (Fsp3) is 0.667. The van der Waals surface area contributed by atoms with Gasteiger partial charge < -0.3 is 4.42 Å². The summed E-state index contributed by atoms with van der Waals surface area (Å²) >= 11 is 5.84. The Labute approximate surface area is 88.9 Å². The molecule has 0 radical (unpaired) electrons. The van der Waals surface area contributed by atoms with Gasteiger partial charge in [-0.25, -0.2) is 4.98 Å². The Bertz CT molecular complexity index is 241. The van der Waals surface area contributed by atoms with E-state index in [-0.39, 0.29) is 0 Å². The van der Waals surface area contributed by atoms with E-state index in [9.17, 15) is 0 Å². The zero-order valence-corrected chi connectivity index (χ0v) is 9.75. The van der Waals surface area contributed by atoms with Crippen LogP contribution in [0.15, 0.2) is 9.64 Å². The van der Waals surface area contributed by atoms with E-state index in [1.165, 1.54) is 6.42 Å². The summed E-state index contributed by atoms with van der Waals surface area (Å²) in [5, 5.41) is 0.800. The van der Waals surface area contributed by atoms with Gasteiger partial charge >= 0.3 is 0 Å². The number of unbranched alkanes of at least 4 members (excludes halogenated alkanes) is 1. The number of rotatable bonds is 5. The highest BCUT2D eigenvalue weighted by Gasteiger charge is 2.04. The van der Waals surface area contributed by atoms with E-state index in [1.54, 1.807) is 11.8 Å². The molecule has 0 spiro atoms. The molecule has 0 aliphatic rings. The molecule has 74 valence electrons.